The molecule has 0 saturated carbocycles. The smallest absolute Gasteiger partial charge is 0.259 e. The molecular formula is C21H31IN4O2S. The number of hydrogen-bond acceptors (Lipinski definition) is 4. The molecule has 0 atom stereocenters. The summed E-state index contributed by atoms with van der Waals surface area (Å²) in [4.78, 5) is 21.5. The van der Waals surface area contributed by atoms with Gasteiger partial charge in [-0.05, 0) is 42.5 Å². The fourth-order valence-corrected chi connectivity index (χ4v) is 3.18. The van der Waals surface area contributed by atoms with Gasteiger partial charge in [-0.1, -0.05) is 18.2 Å². The molecule has 1 N–H and O–H groups in total. The number of nitrogens with one attached hydrogen (secondary N) is 1. The molecule has 0 aliphatic heterocycles. The maximum atomic E-state index is 11.7. The first kappa shape index (κ1) is 25.2. The van der Waals surface area contributed by atoms with E-state index in [4.69, 9.17) is 9.73 Å². The van der Waals surface area contributed by atoms with Crippen molar-refractivity contribution in [2.45, 2.75) is 19.9 Å². The second-order valence-corrected chi connectivity index (χ2v) is 7.68. The Hall–Kier alpha value is -1.81. The number of benzene rings is 1. The normalized spacial score (nSPS) is 10.8. The van der Waals surface area contributed by atoms with Crippen molar-refractivity contribution in [1.29, 1.82) is 0 Å². The minimum Gasteiger partial charge on any atom is -0.484 e. The van der Waals surface area contributed by atoms with Gasteiger partial charge in [-0.3, -0.25) is 4.79 Å². The van der Waals surface area contributed by atoms with E-state index in [9.17, 15) is 4.79 Å². The fraction of sp³-hybridized carbons (Fsp3) is 0.429. The second-order valence-electron chi connectivity index (χ2n) is 6.65. The third-order valence-corrected chi connectivity index (χ3v) is 5.08. The van der Waals surface area contributed by atoms with Gasteiger partial charge in [-0.2, -0.15) is 0 Å². The van der Waals surface area contributed by atoms with Gasteiger partial charge in [0.05, 0.1) is 6.54 Å². The molecule has 29 heavy (non-hydrogen) atoms. The van der Waals surface area contributed by atoms with E-state index in [1.807, 2.05) is 24.3 Å². The van der Waals surface area contributed by atoms with E-state index in [1.165, 1.54) is 9.78 Å². The van der Waals surface area contributed by atoms with Gasteiger partial charge in [0.25, 0.3) is 5.91 Å². The molecule has 0 aliphatic carbocycles. The molecule has 0 saturated heterocycles. The van der Waals surface area contributed by atoms with E-state index in [-0.39, 0.29) is 36.5 Å². The topological polar surface area (TPSA) is 57.2 Å². The van der Waals surface area contributed by atoms with E-state index in [0.29, 0.717) is 12.3 Å². The van der Waals surface area contributed by atoms with Crippen molar-refractivity contribution in [2.24, 2.45) is 4.99 Å². The van der Waals surface area contributed by atoms with Crippen LogP contribution in [-0.4, -0.2) is 62.5 Å². The molecule has 6 nitrogen and oxygen atoms in total. The van der Waals surface area contributed by atoms with Crippen LogP contribution in [0.15, 0.2) is 46.8 Å². The van der Waals surface area contributed by atoms with Gasteiger partial charge in [0.1, 0.15) is 5.75 Å². The van der Waals surface area contributed by atoms with Crippen LogP contribution in [0, 0.1) is 0 Å². The predicted octanol–water partition coefficient (Wildman–Crippen LogP) is 3.47. The summed E-state index contributed by atoms with van der Waals surface area (Å²) in [5.74, 6) is 1.50. The van der Waals surface area contributed by atoms with Gasteiger partial charge in [0.2, 0.25) is 0 Å². The molecule has 1 aromatic heterocycles. The van der Waals surface area contributed by atoms with Gasteiger partial charge in [-0.15, -0.1) is 35.3 Å². The van der Waals surface area contributed by atoms with Gasteiger partial charge < -0.3 is 19.9 Å². The molecule has 1 heterocycles. The Balaban J connectivity index is 0.00000420. The molecule has 2 aromatic rings. The summed E-state index contributed by atoms with van der Waals surface area (Å²) in [6.07, 6.45) is 1.00. The van der Waals surface area contributed by atoms with Crippen molar-refractivity contribution in [3.05, 3.63) is 52.2 Å². The molecule has 8 heteroatoms. The van der Waals surface area contributed by atoms with Crippen molar-refractivity contribution in [1.82, 2.24) is 15.1 Å². The number of amides is 1. The van der Waals surface area contributed by atoms with Crippen molar-refractivity contribution < 1.29 is 9.53 Å². The van der Waals surface area contributed by atoms with Crippen molar-refractivity contribution >= 4 is 47.2 Å². The molecule has 2 rings (SSSR count). The van der Waals surface area contributed by atoms with Gasteiger partial charge >= 0.3 is 0 Å². The van der Waals surface area contributed by atoms with Crippen LogP contribution in [0.5, 0.6) is 5.75 Å². The Morgan fingerprint density at radius 2 is 2.00 bits per heavy atom. The minimum atomic E-state index is -0.0646. The number of aliphatic imine (C=N–C) groups is 1. The number of guanidine groups is 1. The van der Waals surface area contributed by atoms with Crippen LogP contribution in [-0.2, 0) is 17.8 Å². The number of nitrogens with zero attached hydrogens (tertiary/aromatic N) is 3. The highest BCUT2D eigenvalue weighted by atomic mass is 127. The standard InChI is InChI=1S/C21H30N4O2S.HI/c1-5-22-21(25(4)12-11-19-10-7-13-28-19)23-15-17-8-6-9-18(14-17)27-16-20(26)24(2)3;/h6-10,13-14H,5,11-12,15-16H2,1-4H3,(H,22,23);1H. The third-order valence-electron chi connectivity index (χ3n) is 4.14. The maximum absolute atomic E-state index is 11.7. The maximum Gasteiger partial charge on any atom is 0.259 e. The van der Waals surface area contributed by atoms with Crippen LogP contribution >= 0.6 is 35.3 Å². The number of thiophene rings is 1. The average molecular weight is 530 g/mol. The fourth-order valence-electron chi connectivity index (χ4n) is 2.48. The van der Waals surface area contributed by atoms with Crippen LogP contribution < -0.4 is 10.1 Å². The SMILES string of the molecule is CCNC(=NCc1cccc(OCC(=O)N(C)C)c1)N(C)CCc1cccs1.I. The van der Waals surface area contributed by atoms with E-state index in [0.717, 1.165) is 31.0 Å². The second kappa shape index (κ2) is 13.4. The van der Waals surface area contributed by atoms with E-state index < -0.39 is 0 Å². The summed E-state index contributed by atoms with van der Waals surface area (Å²) < 4.78 is 5.59. The summed E-state index contributed by atoms with van der Waals surface area (Å²) in [5.41, 5.74) is 1.04. The Morgan fingerprint density at radius 3 is 2.66 bits per heavy atom. The van der Waals surface area contributed by atoms with Gasteiger partial charge in [-0.25, -0.2) is 4.99 Å². The molecule has 0 fully saturated rings. The zero-order valence-electron chi connectivity index (χ0n) is 17.6. The van der Waals surface area contributed by atoms with E-state index in [1.54, 1.807) is 25.4 Å². The Labute approximate surface area is 195 Å². The minimum absolute atomic E-state index is 0. The summed E-state index contributed by atoms with van der Waals surface area (Å²) in [6.45, 7) is 4.37. The Morgan fingerprint density at radius 1 is 1.21 bits per heavy atom. The highest BCUT2D eigenvalue weighted by molar-refractivity contribution is 14.0. The molecule has 0 aliphatic rings. The van der Waals surface area contributed by atoms with Crippen LogP contribution in [0.1, 0.15) is 17.4 Å². The first-order chi connectivity index (χ1) is 13.5. The summed E-state index contributed by atoms with van der Waals surface area (Å²) in [6, 6.07) is 12.0. The van der Waals surface area contributed by atoms with Crippen LogP contribution in [0.4, 0.5) is 0 Å². The molecule has 0 bridgehead atoms. The molecule has 1 amide bonds. The van der Waals surface area contributed by atoms with Crippen molar-refractivity contribution in [3.63, 3.8) is 0 Å². The van der Waals surface area contributed by atoms with Crippen molar-refractivity contribution in [2.75, 3.05) is 40.8 Å². The first-order valence-electron chi connectivity index (χ1n) is 9.43. The predicted molar refractivity (Wildman–Crippen MR) is 132 cm³/mol. The lowest BCUT2D eigenvalue weighted by atomic mass is 10.2. The summed E-state index contributed by atoms with van der Waals surface area (Å²) >= 11 is 1.78. The lowest BCUT2D eigenvalue weighted by molar-refractivity contribution is -0.130. The third kappa shape index (κ3) is 9.03. The average Bonchev–Trinajstić information content (AvgIpc) is 3.21. The quantitative estimate of drug-likeness (QED) is 0.307. The molecular weight excluding hydrogens is 499 g/mol. The number of ether oxygens (including phenoxy) is 1. The van der Waals surface area contributed by atoms with E-state index >= 15 is 0 Å². The van der Waals surface area contributed by atoms with Gasteiger partial charge in [0.15, 0.2) is 12.6 Å². The largest absolute Gasteiger partial charge is 0.484 e. The number of carbonyl (C=O) groups excluding carboxylic acids is 1. The zero-order chi connectivity index (χ0) is 20.4. The Bertz CT molecular complexity index is 766. The number of rotatable bonds is 9. The highest BCUT2D eigenvalue weighted by Gasteiger charge is 2.08. The van der Waals surface area contributed by atoms with Crippen molar-refractivity contribution in [3.8, 4) is 5.75 Å². The molecule has 160 valence electrons. The van der Waals surface area contributed by atoms with Gasteiger partial charge in [0, 0.05) is 39.1 Å². The molecule has 0 radical (unpaired) electrons. The lowest BCUT2D eigenvalue weighted by Crippen LogP contribution is -2.39. The zero-order valence-corrected chi connectivity index (χ0v) is 20.7. The Kier molecular flexibility index (Phi) is 11.7. The first-order valence-corrected chi connectivity index (χ1v) is 10.3. The van der Waals surface area contributed by atoms with E-state index in [2.05, 4.69) is 41.7 Å². The van der Waals surface area contributed by atoms with Crippen LogP contribution in [0.2, 0.25) is 0 Å². The number of carbonyl (C=O) groups is 1. The number of hydrogen-bond donors (Lipinski definition) is 1. The molecule has 0 spiro atoms. The van der Waals surface area contributed by atoms with Crippen LogP contribution in [0.3, 0.4) is 0 Å². The summed E-state index contributed by atoms with van der Waals surface area (Å²) in [5, 5.41) is 5.45. The monoisotopic (exact) mass is 530 g/mol. The molecule has 0 unspecified atom stereocenters. The highest BCUT2D eigenvalue weighted by Crippen LogP contribution is 2.14. The molecule has 1 aromatic carbocycles. The number of halogens is 1. The number of likely N-dealkylation sites (N-methyl/N-ethyl adjacent to an activating group) is 2. The summed E-state index contributed by atoms with van der Waals surface area (Å²) in [7, 11) is 5.49. The lowest BCUT2D eigenvalue weighted by Gasteiger charge is -2.21. The van der Waals surface area contributed by atoms with Crippen LogP contribution in [0.25, 0.3) is 0 Å².